The highest BCUT2D eigenvalue weighted by Gasteiger charge is 2.41. The number of hydrogen-bond donors (Lipinski definition) is 0. The van der Waals surface area contributed by atoms with Gasteiger partial charge in [-0.1, -0.05) is 65.9 Å². The van der Waals surface area contributed by atoms with Crippen LogP contribution in [0.2, 0.25) is 0 Å². The third-order valence-corrected chi connectivity index (χ3v) is 5.81. The molecule has 0 nitrogen and oxygen atoms in total. The van der Waals surface area contributed by atoms with Gasteiger partial charge >= 0.3 is 0 Å². The first-order valence-electron chi connectivity index (χ1n) is 15.1. The molecule has 0 heterocycles. The number of allylic oxidation sites excluding steroid dienone is 4. The lowest BCUT2D eigenvalue weighted by molar-refractivity contribution is 1.11. The van der Waals surface area contributed by atoms with Gasteiger partial charge < -0.3 is 0 Å². The van der Waals surface area contributed by atoms with E-state index in [4.69, 9.17) is 13.7 Å². The zero-order chi connectivity index (χ0) is 29.1. The molecular weight excluding hydrogens is 348 g/mol. The molecule has 0 spiro atoms. The van der Waals surface area contributed by atoms with E-state index in [1.165, 1.54) is 0 Å². The van der Waals surface area contributed by atoms with Gasteiger partial charge in [-0.15, -0.1) is 5.92 Å². The fraction of sp³-hybridized carbons (Fsp3) is 0.172. The molecule has 1 unspecified atom stereocenters. The largest absolute Gasteiger partial charge is 0.101 e. The fourth-order valence-electron chi connectivity index (χ4n) is 4.73. The van der Waals surface area contributed by atoms with Gasteiger partial charge in [-0.3, -0.25) is 0 Å². The zero-order valence-corrected chi connectivity index (χ0v) is 16.0. The van der Waals surface area contributed by atoms with Crippen LogP contribution >= 0.6 is 0 Å². The van der Waals surface area contributed by atoms with E-state index in [2.05, 4.69) is 11.8 Å². The molecule has 0 N–H and O–H groups in total. The third kappa shape index (κ3) is 2.16. The Morgan fingerprint density at radius 2 is 1.90 bits per heavy atom. The molecule has 0 heteroatoms. The summed E-state index contributed by atoms with van der Waals surface area (Å²) in [5.41, 5.74) is 4.26. The maximum Gasteiger partial charge on any atom is 0.0636 e. The van der Waals surface area contributed by atoms with Gasteiger partial charge in [0.2, 0.25) is 0 Å². The lowest BCUT2D eigenvalue weighted by Crippen LogP contribution is -2.12. The van der Waals surface area contributed by atoms with Crippen LogP contribution in [-0.2, 0) is 6.42 Å². The van der Waals surface area contributed by atoms with Crippen LogP contribution in [-0.4, -0.2) is 0 Å². The van der Waals surface area contributed by atoms with Gasteiger partial charge in [0.1, 0.15) is 0 Å². The van der Waals surface area contributed by atoms with Crippen molar-refractivity contribution >= 4 is 11.1 Å². The van der Waals surface area contributed by atoms with E-state index < -0.39 is 5.92 Å². The highest BCUT2D eigenvalue weighted by Crippen LogP contribution is 2.60. The Bertz CT molecular complexity index is 1880. The Labute approximate surface area is 188 Å². The maximum absolute atomic E-state index is 9.35. The van der Waals surface area contributed by atoms with Crippen molar-refractivity contribution in [2.75, 3.05) is 0 Å². The molecule has 0 saturated heterocycles. The summed E-state index contributed by atoms with van der Waals surface area (Å²) in [4.78, 5) is 0. The maximum atomic E-state index is 9.35. The van der Waals surface area contributed by atoms with Gasteiger partial charge in [0.15, 0.2) is 0 Å². The summed E-state index contributed by atoms with van der Waals surface area (Å²) in [6.07, 6.45) is 0.146. The second-order valence-electron chi connectivity index (χ2n) is 7.48. The van der Waals surface area contributed by atoms with Crippen LogP contribution in [0.3, 0.4) is 0 Å². The molecule has 6 rings (SSSR count). The topological polar surface area (TPSA) is 0 Å². The van der Waals surface area contributed by atoms with Crippen molar-refractivity contribution in [1.82, 2.24) is 0 Å². The average molecular weight is 382 g/mol. The molecule has 3 aromatic carbocycles. The van der Waals surface area contributed by atoms with Crippen molar-refractivity contribution in [1.29, 1.82) is 0 Å². The molecule has 0 fully saturated rings. The van der Waals surface area contributed by atoms with E-state index in [0.29, 0.717) is 39.0 Å². The molecule has 3 aliphatic rings. The summed E-state index contributed by atoms with van der Waals surface area (Å²) in [5, 5.41) is 0. The van der Waals surface area contributed by atoms with E-state index in [1.54, 1.807) is 13.8 Å². The van der Waals surface area contributed by atoms with Crippen molar-refractivity contribution in [3.8, 4) is 23.0 Å². The van der Waals surface area contributed by atoms with Crippen LogP contribution in [0, 0.1) is 25.7 Å². The SMILES string of the molecule is [2H]CC#Cc1c([2H])c([2H])c([2H])c(C)c1C1=C([2H])C2=C3c4c(c([2H])c([2H])c([2H])c4-c4c([2H])c(C)c([2H])c([2H])c4C13)C2. The van der Waals surface area contributed by atoms with Crippen LogP contribution in [0.4, 0.5) is 0 Å². The van der Waals surface area contributed by atoms with E-state index in [9.17, 15) is 1.37 Å². The van der Waals surface area contributed by atoms with Crippen LogP contribution < -0.4 is 0 Å². The highest BCUT2D eigenvalue weighted by molar-refractivity contribution is 6.07. The zero-order valence-electron chi connectivity index (χ0n) is 27.0. The van der Waals surface area contributed by atoms with Crippen LogP contribution in [0.25, 0.3) is 22.3 Å². The third-order valence-electron chi connectivity index (χ3n) is 5.81. The number of rotatable bonds is 1. The van der Waals surface area contributed by atoms with Crippen LogP contribution in [0.5, 0.6) is 0 Å². The first kappa shape index (κ1) is 9.02. The molecule has 29 heavy (non-hydrogen) atoms. The fourth-order valence-corrected chi connectivity index (χ4v) is 4.73. The normalized spacial score (nSPS) is 23.1. The summed E-state index contributed by atoms with van der Waals surface area (Å²) < 4.78 is 94.9. The summed E-state index contributed by atoms with van der Waals surface area (Å²) >= 11 is 0. The summed E-state index contributed by atoms with van der Waals surface area (Å²) in [6.45, 7) is 2.93. The molecule has 3 aromatic rings. The molecule has 0 radical (unpaired) electrons. The molecule has 0 saturated carbocycles. The van der Waals surface area contributed by atoms with E-state index in [0.717, 1.165) is 0 Å². The predicted molar refractivity (Wildman–Crippen MR) is 122 cm³/mol. The van der Waals surface area contributed by atoms with Crippen molar-refractivity contribution in [3.05, 3.63) is 105 Å². The molecule has 0 aromatic heterocycles. The number of hydrogen-bond acceptors (Lipinski definition) is 0. The molecule has 138 valence electrons. The van der Waals surface area contributed by atoms with Crippen molar-refractivity contribution in [3.63, 3.8) is 0 Å². The number of benzene rings is 3. The van der Waals surface area contributed by atoms with Crippen molar-refractivity contribution in [2.45, 2.75) is 33.1 Å². The standard InChI is InChI=1S/C29H22/c1-4-7-19-9-5-8-18(3)26(19)25-16-21-15-20-10-6-11-22-24-14-17(2)12-13-23(24)29(25)28(21)27(20)22/h5-6,8-14,16,29H,15H2,1-3H3/i1D,5D,6D,8D,9D,10D,11D,12D,13D,14D,16D. The van der Waals surface area contributed by atoms with E-state index in [-0.39, 0.29) is 102 Å². The van der Waals surface area contributed by atoms with E-state index >= 15 is 0 Å². The minimum absolute atomic E-state index is 0.0519. The first-order chi connectivity index (χ1) is 18.9. The minimum atomic E-state index is -0.853. The van der Waals surface area contributed by atoms with E-state index in [1.807, 2.05) is 0 Å². The highest BCUT2D eigenvalue weighted by atomic mass is 14.4. The van der Waals surface area contributed by atoms with Gasteiger partial charge in [-0.25, -0.2) is 0 Å². The Balaban J connectivity index is 1.82. The summed E-state index contributed by atoms with van der Waals surface area (Å²) in [7, 11) is 0. The van der Waals surface area contributed by atoms with Gasteiger partial charge in [0.25, 0.3) is 0 Å². The molecular formula is C29H22. The van der Waals surface area contributed by atoms with Crippen LogP contribution in [0.1, 0.15) is 66.8 Å². The Morgan fingerprint density at radius 3 is 2.79 bits per heavy atom. The lowest BCUT2D eigenvalue weighted by atomic mass is 9.72. The quantitative estimate of drug-likeness (QED) is 0.405. The number of fused-ring (bicyclic) bond motifs is 3. The molecule has 0 aliphatic heterocycles. The van der Waals surface area contributed by atoms with Gasteiger partial charge in [-0.2, -0.15) is 0 Å². The molecule has 3 aliphatic carbocycles. The van der Waals surface area contributed by atoms with Gasteiger partial charge in [-0.05, 0) is 88.9 Å². The lowest BCUT2D eigenvalue weighted by Gasteiger charge is -2.31. The summed E-state index contributed by atoms with van der Waals surface area (Å²) in [6, 6.07) is -1.77. The second kappa shape index (κ2) is 5.85. The van der Waals surface area contributed by atoms with Crippen molar-refractivity contribution in [2.24, 2.45) is 0 Å². The van der Waals surface area contributed by atoms with Gasteiger partial charge in [0.05, 0.1) is 13.7 Å². The van der Waals surface area contributed by atoms with Crippen molar-refractivity contribution < 1.29 is 15.1 Å². The second-order valence-corrected chi connectivity index (χ2v) is 7.48. The smallest absolute Gasteiger partial charge is 0.0636 e. The molecule has 1 atom stereocenters. The average Bonchev–Trinajstić information content (AvgIpc) is 3.46. The molecule has 0 amide bonds. The Kier molecular flexibility index (Phi) is 1.82. The first-order valence-corrected chi connectivity index (χ1v) is 9.43. The Morgan fingerprint density at radius 1 is 1.00 bits per heavy atom. The Hall–Kier alpha value is -3.30. The van der Waals surface area contributed by atoms with Gasteiger partial charge in [0, 0.05) is 12.9 Å². The minimum Gasteiger partial charge on any atom is -0.101 e. The van der Waals surface area contributed by atoms with Crippen LogP contribution in [0.15, 0.2) is 66.0 Å². The molecule has 0 bridgehead atoms. The monoisotopic (exact) mass is 381 g/mol. The summed E-state index contributed by atoms with van der Waals surface area (Å²) in [5.74, 6) is 4.59. The predicted octanol–water partition coefficient (Wildman–Crippen LogP) is 6.85.